The first kappa shape index (κ1) is 28.9. The van der Waals surface area contributed by atoms with Crippen LogP contribution in [-0.2, 0) is 16.1 Å². The predicted molar refractivity (Wildman–Crippen MR) is 171 cm³/mol. The maximum atomic E-state index is 14.0. The number of amides is 2. The van der Waals surface area contributed by atoms with Gasteiger partial charge in [0.1, 0.15) is 18.2 Å². The van der Waals surface area contributed by atoms with Gasteiger partial charge in [0.15, 0.2) is 11.5 Å². The molecule has 0 saturated heterocycles. The molecule has 5 aromatic rings. The van der Waals surface area contributed by atoms with E-state index in [4.69, 9.17) is 26.2 Å². The number of carbonyl (C=O) groups is 2. The van der Waals surface area contributed by atoms with Gasteiger partial charge >= 0.3 is 0 Å². The van der Waals surface area contributed by atoms with Crippen LogP contribution in [0.25, 0.3) is 16.9 Å². The molecule has 0 fully saturated rings. The van der Waals surface area contributed by atoms with Gasteiger partial charge in [-0.15, -0.1) is 11.8 Å². The van der Waals surface area contributed by atoms with Crippen LogP contribution in [0.3, 0.4) is 0 Å². The highest BCUT2D eigenvalue weighted by atomic mass is 35.5. The highest BCUT2D eigenvalue weighted by Crippen LogP contribution is 2.50. The minimum absolute atomic E-state index is 0.107. The van der Waals surface area contributed by atoms with Crippen molar-refractivity contribution in [2.45, 2.75) is 11.8 Å². The molecule has 7 rings (SSSR count). The van der Waals surface area contributed by atoms with Crippen LogP contribution >= 0.6 is 23.4 Å². The monoisotopic (exact) mass is 640 g/mol. The van der Waals surface area contributed by atoms with Crippen molar-refractivity contribution in [3.05, 3.63) is 125 Å². The van der Waals surface area contributed by atoms with Gasteiger partial charge in [0, 0.05) is 17.7 Å². The molecule has 2 aliphatic rings. The summed E-state index contributed by atoms with van der Waals surface area (Å²) in [6.07, 6.45) is 0. The minimum atomic E-state index is -0.377. The van der Waals surface area contributed by atoms with Gasteiger partial charge in [-0.2, -0.15) is 5.10 Å². The summed E-state index contributed by atoms with van der Waals surface area (Å²) in [5.41, 5.74) is 4.48. The van der Waals surface area contributed by atoms with Gasteiger partial charge in [0.2, 0.25) is 18.6 Å². The number of anilines is 1. The molecule has 3 heterocycles. The molecule has 1 aromatic heterocycles. The fourth-order valence-corrected chi connectivity index (χ4v) is 6.87. The van der Waals surface area contributed by atoms with Crippen molar-refractivity contribution >= 4 is 41.0 Å². The molecule has 0 radical (unpaired) electrons. The van der Waals surface area contributed by atoms with Crippen molar-refractivity contribution in [3.63, 3.8) is 0 Å². The normalized spacial score (nSPS) is 15.5. The van der Waals surface area contributed by atoms with Crippen molar-refractivity contribution in [2.75, 3.05) is 24.0 Å². The number of rotatable bonds is 7. The van der Waals surface area contributed by atoms with E-state index in [0.29, 0.717) is 33.7 Å². The van der Waals surface area contributed by atoms with Gasteiger partial charge in [-0.25, -0.2) is 9.07 Å². The maximum Gasteiger partial charge on any atom is 0.240 e. The van der Waals surface area contributed by atoms with E-state index < -0.39 is 0 Å². The summed E-state index contributed by atoms with van der Waals surface area (Å²) < 4.78 is 26.3. The van der Waals surface area contributed by atoms with E-state index >= 15 is 0 Å². The number of hydrogen-bond donors (Lipinski definition) is 1. The van der Waals surface area contributed by atoms with Gasteiger partial charge in [0.05, 0.1) is 27.4 Å². The molecule has 0 aliphatic carbocycles. The SMILES string of the molecule is O=C(CN1C(=O)CS[C@H](c2ccc3c(c2)OCO3)c2c(-c3ccccc3)nn(-c3ccccc3Cl)c21)NCc1ccc(F)cc1. The molecule has 2 aliphatic heterocycles. The second kappa shape index (κ2) is 12.3. The molecule has 1 atom stereocenters. The molecule has 0 bridgehead atoms. The number of para-hydroxylation sites is 1. The Hall–Kier alpha value is -4.80. The Balaban J connectivity index is 1.38. The summed E-state index contributed by atoms with van der Waals surface area (Å²) in [4.78, 5) is 28.9. The third-order valence-electron chi connectivity index (χ3n) is 7.62. The number of fused-ring (bicyclic) bond motifs is 2. The van der Waals surface area contributed by atoms with Crippen molar-refractivity contribution in [2.24, 2.45) is 0 Å². The van der Waals surface area contributed by atoms with Gasteiger partial charge in [-0.1, -0.05) is 72.3 Å². The van der Waals surface area contributed by atoms with E-state index in [0.717, 1.165) is 22.3 Å². The molecule has 226 valence electrons. The van der Waals surface area contributed by atoms with Crippen LogP contribution in [0, 0.1) is 5.82 Å². The summed E-state index contributed by atoms with van der Waals surface area (Å²) in [7, 11) is 0. The summed E-state index contributed by atoms with van der Waals surface area (Å²) in [6, 6.07) is 28.6. The Morgan fingerprint density at radius 3 is 2.53 bits per heavy atom. The largest absolute Gasteiger partial charge is 0.454 e. The maximum absolute atomic E-state index is 14.0. The first-order chi connectivity index (χ1) is 22.0. The second-order valence-electron chi connectivity index (χ2n) is 10.5. The molecular weight excluding hydrogens is 615 g/mol. The Labute approximate surface area is 267 Å². The lowest BCUT2D eigenvalue weighted by Crippen LogP contribution is -2.42. The number of hydrogen-bond acceptors (Lipinski definition) is 6. The molecule has 4 aromatic carbocycles. The van der Waals surface area contributed by atoms with Crippen molar-refractivity contribution in [3.8, 4) is 28.4 Å². The minimum Gasteiger partial charge on any atom is -0.454 e. The molecule has 2 amide bonds. The molecule has 8 nitrogen and oxygen atoms in total. The zero-order valence-corrected chi connectivity index (χ0v) is 25.4. The zero-order chi connectivity index (χ0) is 30.9. The third kappa shape index (κ3) is 5.74. The Kier molecular flexibility index (Phi) is 7.91. The van der Waals surface area contributed by atoms with Crippen molar-refractivity contribution in [1.29, 1.82) is 0 Å². The van der Waals surface area contributed by atoms with E-state index in [1.165, 1.54) is 28.8 Å². The molecular formula is C34H26ClFN4O4S. The highest BCUT2D eigenvalue weighted by Gasteiger charge is 2.38. The molecule has 11 heteroatoms. The van der Waals surface area contributed by atoms with E-state index in [1.54, 1.807) is 22.9 Å². The molecule has 0 saturated carbocycles. The number of halogens is 2. The summed E-state index contributed by atoms with van der Waals surface area (Å²) >= 11 is 8.18. The first-order valence-corrected chi connectivity index (χ1v) is 15.6. The van der Waals surface area contributed by atoms with Crippen LogP contribution in [0.4, 0.5) is 10.2 Å². The van der Waals surface area contributed by atoms with E-state index in [9.17, 15) is 14.0 Å². The molecule has 0 unspecified atom stereocenters. The van der Waals surface area contributed by atoms with Crippen molar-refractivity contribution in [1.82, 2.24) is 15.1 Å². The standard InChI is InChI=1S/C34H26ClFN4O4S/c35-25-8-4-5-9-26(25)40-34-31(32(38-40)22-6-2-1-3-7-22)33(23-12-15-27-28(16-23)44-20-43-27)45-19-30(42)39(34)18-29(41)37-17-21-10-13-24(36)14-11-21/h1-16,33H,17-20H2,(H,37,41)/t33-/m1/s1. The van der Waals surface area contributed by atoms with Gasteiger partial charge < -0.3 is 14.8 Å². The molecule has 1 N–H and O–H groups in total. The lowest BCUT2D eigenvalue weighted by molar-refractivity contribution is -0.123. The van der Waals surface area contributed by atoms with Gasteiger partial charge in [0.25, 0.3) is 0 Å². The van der Waals surface area contributed by atoms with E-state index in [1.807, 2.05) is 66.7 Å². The number of ether oxygens (including phenoxy) is 2. The highest BCUT2D eigenvalue weighted by molar-refractivity contribution is 8.00. The number of thioether (sulfide) groups is 1. The fourth-order valence-electron chi connectivity index (χ4n) is 5.46. The number of nitrogens with one attached hydrogen (secondary N) is 1. The Bertz CT molecular complexity index is 1900. The van der Waals surface area contributed by atoms with Crippen LogP contribution in [0.15, 0.2) is 97.1 Å². The molecule has 45 heavy (non-hydrogen) atoms. The number of carbonyl (C=O) groups excluding carboxylic acids is 2. The van der Waals surface area contributed by atoms with Crippen LogP contribution in [0.2, 0.25) is 5.02 Å². The number of nitrogens with zero attached hydrogens (tertiary/aromatic N) is 3. The van der Waals surface area contributed by atoms with E-state index in [-0.39, 0.29) is 48.5 Å². The van der Waals surface area contributed by atoms with E-state index in [2.05, 4.69) is 5.32 Å². The lowest BCUT2D eigenvalue weighted by Gasteiger charge is -2.23. The second-order valence-corrected chi connectivity index (χ2v) is 12.0. The summed E-state index contributed by atoms with van der Waals surface area (Å²) in [6.45, 7) is 0.0638. The summed E-state index contributed by atoms with van der Waals surface area (Å²) in [5, 5.41) is 8.04. The predicted octanol–water partition coefficient (Wildman–Crippen LogP) is 6.55. The number of benzene rings is 4. The molecule has 0 spiro atoms. The average Bonchev–Trinajstić information content (AvgIpc) is 3.66. The fraction of sp³-hybridized carbons (Fsp3) is 0.147. The van der Waals surface area contributed by atoms with Crippen LogP contribution in [-0.4, -0.2) is 40.7 Å². The summed E-state index contributed by atoms with van der Waals surface area (Å²) in [5.74, 6) is 0.856. The van der Waals surface area contributed by atoms with Gasteiger partial charge in [-0.05, 0) is 47.5 Å². The zero-order valence-electron chi connectivity index (χ0n) is 23.8. The quantitative estimate of drug-likeness (QED) is 0.217. The first-order valence-electron chi connectivity index (χ1n) is 14.2. The third-order valence-corrected chi connectivity index (χ3v) is 9.20. The topological polar surface area (TPSA) is 85.7 Å². The Morgan fingerprint density at radius 1 is 0.978 bits per heavy atom. The lowest BCUT2D eigenvalue weighted by atomic mass is 9.99. The van der Waals surface area contributed by atoms with Gasteiger partial charge in [-0.3, -0.25) is 14.5 Å². The van der Waals surface area contributed by atoms with Crippen LogP contribution in [0.5, 0.6) is 11.5 Å². The smallest absolute Gasteiger partial charge is 0.240 e. The average molecular weight is 641 g/mol. The van der Waals surface area contributed by atoms with Crippen molar-refractivity contribution < 1.29 is 23.5 Å². The van der Waals surface area contributed by atoms with Crippen LogP contribution in [0.1, 0.15) is 21.9 Å². The Morgan fingerprint density at radius 2 is 1.73 bits per heavy atom. The van der Waals surface area contributed by atoms with Crippen LogP contribution < -0.4 is 19.7 Å². The number of aromatic nitrogens is 2.